The number of hydrogen-bond acceptors (Lipinski definition) is 5. The fraction of sp³-hybridized carbons (Fsp3) is 0.423. The van der Waals surface area contributed by atoms with Crippen LogP contribution in [-0.4, -0.2) is 41.6 Å². The molecular formula is C26H31N3O4S2. The molecule has 4 rings (SSSR count). The number of carbonyl (C=O) groups excluding carboxylic acids is 2. The van der Waals surface area contributed by atoms with Crippen LogP contribution in [0.5, 0.6) is 0 Å². The van der Waals surface area contributed by atoms with Crippen LogP contribution in [0, 0.1) is 6.92 Å². The standard InChI is InChI=1S/C26H31N3O4S2/c1-3-19-11-15-22(16-12-19)35(32,33)28-26-29(21-7-5-4-6-8-21)25(31)23(34-26)17-24(30)27-20-13-9-18(2)10-14-20/h9-16,21,23H,3-8,17H2,1-2H3,(H,27,30). The van der Waals surface area contributed by atoms with E-state index in [4.69, 9.17) is 0 Å². The summed E-state index contributed by atoms with van der Waals surface area (Å²) in [5.41, 5.74) is 2.77. The van der Waals surface area contributed by atoms with Crippen LogP contribution >= 0.6 is 11.8 Å². The summed E-state index contributed by atoms with van der Waals surface area (Å²) in [5, 5.41) is 2.30. The van der Waals surface area contributed by atoms with Gasteiger partial charge in [-0.1, -0.05) is 67.8 Å². The summed E-state index contributed by atoms with van der Waals surface area (Å²) in [5.74, 6) is -0.529. The number of thioether (sulfide) groups is 1. The Morgan fingerprint density at radius 1 is 1.06 bits per heavy atom. The van der Waals surface area contributed by atoms with Crippen LogP contribution in [0.15, 0.2) is 57.8 Å². The fourth-order valence-electron chi connectivity index (χ4n) is 4.42. The van der Waals surface area contributed by atoms with Crippen molar-refractivity contribution in [2.24, 2.45) is 4.40 Å². The number of carbonyl (C=O) groups is 2. The predicted octanol–water partition coefficient (Wildman–Crippen LogP) is 4.91. The fourth-order valence-corrected chi connectivity index (χ4v) is 6.83. The lowest BCUT2D eigenvalue weighted by Gasteiger charge is -2.30. The van der Waals surface area contributed by atoms with Gasteiger partial charge in [-0.3, -0.25) is 14.5 Å². The van der Waals surface area contributed by atoms with Crippen molar-refractivity contribution in [1.82, 2.24) is 4.90 Å². The lowest BCUT2D eigenvalue weighted by molar-refractivity contribution is -0.130. The molecule has 2 amide bonds. The van der Waals surface area contributed by atoms with Crippen molar-refractivity contribution in [1.29, 1.82) is 0 Å². The van der Waals surface area contributed by atoms with Gasteiger partial charge in [-0.05, 0) is 56.0 Å². The lowest BCUT2D eigenvalue weighted by Crippen LogP contribution is -2.42. The number of benzene rings is 2. The van der Waals surface area contributed by atoms with E-state index < -0.39 is 15.3 Å². The molecule has 2 aromatic rings. The molecule has 1 heterocycles. The molecule has 35 heavy (non-hydrogen) atoms. The van der Waals surface area contributed by atoms with Crippen molar-refractivity contribution < 1.29 is 18.0 Å². The maximum atomic E-state index is 13.4. The van der Waals surface area contributed by atoms with Crippen molar-refractivity contribution in [3.8, 4) is 0 Å². The Labute approximate surface area is 211 Å². The predicted molar refractivity (Wildman–Crippen MR) is 140 cm³/mol. The monoisotopic (exact) mass is 513 g/mol. The topological polar surface area (TPSA) is 95.9 Å². The molecular weight excluding hydrogens is 482 g/mol. The maximum Gasteiger partial charge on any atom is 0.284 e. The van der Waals surface area contributed by atoms with E-state index in [-0.39, 0.29) is 34.3 Å². The highest BCUT2D eigenvalue weighted by molar-refractivity contribution is 8.16. The van der Waals surface area contributed by atoms with Gasteiger partial charge in [0.05, 0.1) is 4.90 Å². The van der Waals surface area contributed by atoms with Gasteiger partial charge in [0, 0.05) is 18.2 Å². The first-order valence-electron chi connectivity index (χ1n) is 12.1. The van der Waals surface area contributed by atoms with E-state index in [2.05, 4.69) is 9.71 Å². The van der Waals surface area contributed by atoms with Crippen molar-refractivity contribution in [3.63, 3.8) is 0 Å². The molecule has 0 radical (unpaired) electrons. The van der Waals surface area contributed by atoms with Gasteiger partial charge >= 0.3 is 0 Å². The summed E-state index contributed by atoms with van der Waals surface area (Å²) >= 11 is 1.08. The smallest absolute Gasteiger partial charge is 0.284 e. The average molecular weight is 514 g/mol. The molecule has 2 aliphatic rings. The number of nitrogens with one attached hydrogen (secondary N) is 1. The van der Waals surface area contributed by atoms with Crippen molar-refractivity contribution in [3.05, 3.63) is 59.7 Å². The van der Waals surface area contributed by atoms with E-state index >= 15 is 0 Å². The molecule has 1 atom stereocenters. The van der Waals surface area contributed by atoms with E-state index in [1.807, 2.05) is 38.1 Å². The number of amides is 2. The zero-order valence-electron chi connectivity index (χ0n) is 20.1. The molecule has 186 valence electrons. The van der Waals surface area contributed by atoms with Gasteiger partial charge in [0.2, 0.25) is 11.8 Å². The van der Waals surface area contributed by atoms with Gasteiger partial charge in [-0.25, -0.2) is 0 Å². The number of nitrogens with zero attached hydrogens (tertiary/aromatic N) is 2. The molecule has 9 heteroatoms. The Balaban J connectivity index is 1.57. The Morgan fingerprint density at radius 3 is 2.34 bits per heavy atom. The Morgan fingerprint density at radius 2 is 1.71 bits per heavy atom. The zero-order valence-corrected chi connectivity index (χ0v) is 21.7. The second-order valence-corrected chi connectivity index (χ2v) is 11.8. The highest BCUT2D eigenvalue weighted by atomic mass is 32.2. The minimum absolute atomic E-state index is 0.0507. The number of rotatable bonds is 7. The molecule has 0 aromatic heterocycles. The van der Waals surface area contributed by atoms with Crippen LogP contribution in [0.1, 0.15) is 56.6 Å². The lowest BCUT2D eigenvalue weighted by atomic mass is 9.94. The Kier molecular flexibility index (Phi) is 7.96. The molecule has 2 aromatic carbocycles. The third-order valence-electron chi connectivity index (χ3n) is 6.44. The number of amidine groups is 1. The van der Waals surface area contributed by atoms with Crippen LogP contribution < -0.4 is 5.32 Å². The first-order chi connectivity index (χ1) is 16.8. The van der Waals surface area contributed by atoms with Crippen molar-refractivity contribution in [2.45, 2.75) is 75.0 Å². The summed E-state index contributed by atoms with van der Waals surface area (Å²) < 4.78 is 30.3. The van der Waals surface area contributed by atoms with Crippen LogP contribution in [0.4, 0.5) is 5.69 Å². The van der Waals surface area contributed by atoms with Gasteiger partial charge in [-0.2, -0.15) is 8.42 Å². The first-order valence-corrected chi connectivity index (χ1v) is 14.4. The van der Waals surface area contributed by atoms with Gasteiger partial charge in [0.15, 0.2) is 5.17 Å². The SMILES string of the molecule is CCc1ccc(S(=O)(=O)N=C2SC(CC(=O)Nc3ccc(C)cc3)C(=O)N2C2CCCCC2)cc1. The number of hydrogen-bond donors (Lipinski definition) is 1. The van der Waals surface area contributed by atoms with Gasteiger partial charge in [0.25, 0.3) is 10.0 Å². The van der Waals surface area contributed by atoms with Crippen molar-refractivity contribution >= 4 is 44.5 Å². The van der Waals surface area contributed by atoms with E-state index in [1.165, 1.54) is 0 Å². The number of aryl methyl sites for hydroxylation is 2. The molecule has 1 aliphatic carbocycles. The normalized spacial score (nSPS) is 20.4. The second-order valence-electron chi connectivity index (χ2n) is 9.07. The Hall–Kier alpha value is -2.65. The number of sulfonamides is 1. The second kappa shape index (κ2) is 11.0. The van der Waals surface area contributed by atoms with Gasteiger partial charge in [0.1, 0.15) is 5.25 Å². The number of anilines is 1. The van der Waals surface area contributed by atoms with Gasteiger partial charge < -0.3 is 5.32 Å². The average Bonchev–Trinajstić information content (AvgIpc) is 3.14. The largest absolute Gasteiger partial charge is 0.326 e. The summed E-state index contributed by atoms with van der Waals surface area (Å²) in [6.45, 7) is 3.97. The molecule has 2 fully saturated rings. The van der Waals surface area contributed by atoms with Gasteiger partial charge in [-0.15, -0.1) is 4.40 Å². The van der Waals surface area contributed by atoms with Crippen molar-refractivity contribution in [2.75, 3.05) is 5.32 Å². The van der Waals surface area contributed by atoms with E-state index in [0.717, 1.165) is 61.4 Å². The molecule has 0 spiro atoms. The third kappa shape index (κ3) is 6.13. The summed E-state index contributed by atoms with van der Waals surface area (Å²) in [4.78, 5) is 27.7. The summed E-state index contributed by atoms with van der Waals surface area (Å²) in [6, 6.07) is 14.0. The van der Waals surface area contributed by atoms with Crippen LogP contribution in [0.2, 0.25) is 0 Å². The van der Waals surface area contributed by atoms with Crippen LogP contribution in [-0.2, 0) is 26.0 Å². The first kappa shape index (κ1) is 25.4. The minimum atomic E-state index is -4.00. The van der Waals surface area contributed by atoms with E-state index in [1.54, 1.807) is 29.2 Å². The Bertz CT molecular complexity index is 1200. The molecule has 0 bridgehead atoms. The highest BCUT2D eigenvalue weighted by Crippen LogP contribution is 2.36. The molecule has 1 aliphatic heterocycles. The quantitative estimate of drug-likeness (QED) is 0.568. The summed E-state index contributed by atoms with van der Waals surface area (Å²) in [6.07, 6.45) is 5.43. The van der Waals surface area contributed by atoms with Crippen LogP contribution in [0.3, 0.4) is 0 Å². The van der Waals surface area contributed by atoms with E-state index in [0.29, 0.717) is 5.69 Å². The van der Waals surface area contributed by atoms with E-state index in [9.17, 15) is 18.0 Å². The summed E-state index contributed by atoms with van der Waals surface area (Å²) in [7, 11) is -4.00. The maximum absolute atomic E-state index is 13.4. The molecule has 1 N–H and O–H groups in total. The molecule has 1 saturated heterocycles. The minimum Gasteiger partial charge on any atom is -0.326 e. The molecule has 1 unspecified atom stereocenters. The third-order valence-corrected chi connectivity index (χ3v) is 8.99. The molecule has 7 nitrogen and oxygen atoms in total. The van der Waals surface area contributed by atoms with Crippen LogP contribution in [0.25, 0.3) is 0 Å². The zero-order chi connectivity index (χ0) is 25.0. The highest BCUT2D eigenvalue weighted by Gasteiger charge is 2.43. The molecule has 1 saturated carbocycles.